The van der Waals surface area contributed by atoms with E-state index in [0.717, 1.165) is 30.0 Å². The number of hydrogen-bond donors (Lipinski definition) is 1. The Labute approximate surface area is 212 Å². The average Bonchev–Trinajstić information content (AvgIpc) is 3.11. The van der Waals surface area contributed by atoms with Crippen molar-refractivity contribution < 1.29 is 22.7 Å². The second-order valence-corrected chi connectivity index (χ2v) is 9.21. The van der Waals surface area contributed by atoms with Gasteiger partial charge in [-0.2, -0.15) is 13.2 Å². The smallest absolute Gasteiger partial charge is 0.416 e. The van der Waals surface area contributed by atoms with Gasteiger partial charge in [-0.1, -0.05) is 46.6 Å². The second kappa shape index (κ2) is 11.5. The van der Waals surface area contributed by atoms with E-state index in [-0.39, 0.29) is 16.5 Å². The zero-order valence-corrected chi connectivity index (χ0v) is 20.7. The average molecular weight is 554 g/mol. The van der Waals surface area contributed by atoms with Crippen molar-refractivity contribution in [3.05, 3.63) is 62.9 Å². The molecular formula is C21H18Cl3F3N4O2S. The van der Waals surface area contributed by atoms with Gasteiger partial charge >= 0.3 is 6.18 Å². The van der Waals surface area contributed by atoms with E-state index in [9.17, 15) is 18.0 Å². The van der Waals surface area contributed by atoms with Crippen molar-refractivity contribution >= 4 is 58.2 Å². The molecule has 1 N–H and O–H groups in total. The van der Waals surface area contributed by atoms with Crippen molar-refractivity contribution in [2.24, 2.45) is 7.05 Å². The number of hydrogen-bond acceptors (Lipinski definition) is 5. The summed E-state index contributed by atoms with van der Waals surface area (Å²) in [5.41, 5.74) is -1.01. The van der Waals surface area contributed by atoms with E-state index >= 15 is 0 Å². The first-order valence-electron chi connectivity index (χ1n) is 9.80. The van der Waals surface area contributed by atoms with Gasteiger partial charge in [-0.3, -0.25) is 4.79 Å². The van der Waals surface area contributed by atoms with Crippen LogP contribution in [0.5, 0.6) is 5.75 Å². The van der Waals surface area contributed by atoms with Crippen LogP contribution in [0.2, 0.25) is 15.1 Å². The third-order valence-electron chi connectivity index (χ3n) is 4.52. The van der Waals surface area contributed by atoms with Crippen molar-refractivity contribution in [3.8, 4) is 5.75 Å². The molecule has 6 nitrogen and oxygen atoms in total. The third kappa shape index (κ3) is 7.18. The number of aromatic nitrogens is 3. The van der Waals surface area contributed by atoms with Crippen molar-refractivity contribution in [3.63, 3.8) is 0 Å². The summed E-state index contributed by atoms with van der Waals surface area (Å²) >= 11 is 18.9. The van der Waals surface area contributed by atoms with Gasteiger partial charge in [0.2, 0.25) is 5.91 Å². The van der Waals surface area contributed by atoms with Crippen molar-refractivity contribution in [2.75, 3.05) is 17.7 Å². The van der Waals surface area contributed by atoms with E-state index in [2.05, 4.69) is 15.5 Å². The molecule has 0 saturated carbocycles. The number of halogens is 6. The van der Waals surface area contributed by atoms with Crippen molar-refractivity contribution in [2.45, 2.75) is 24.2 Å². The number of carbonyl (C=O) groups is 1. The minimum Gasteiger partial charge on any atom is -0.492 e. The summed E-state index contributed by atoms with van der Waals surface area (Å²) in [6, 6.07) is 7.72. The fourth-order valence-electron chi connectivity index (χ4n) is 2.81. The second-order valence-electron chi connectivity index (χ2n) is 7.01. The van der Waals surface area contributed by atoms with E-state index < -0.39 is 17.6 Å². The maximum Gasteiger partial charge on any atom is 0.416 e. The molecule has 0 aliphatic carbocycles. The van der Waals surface area contributed by atoms with Gasteiger partial charge in [-0.15, -0.1) is 10.2 Å². The number of nitrogens with one attached hydrogen (secondary N) is 1. The number of ether oxygens (including phenoxy) is 1. The van der Waals surface area contributed by atoms with Gasteiger partial charge in [-0.25, -0.2) is 0 Å². The number of nitrogens with zero attached hydrogens (tertiary/aromatic N) is 3. The first-order chi connectivity index (χ1) is 16.0. The van der Waals surface area contributed by atoms with Crippen molar-refractivity contribution in [1.29, 1.82) is 0 Å². The molecule has 1 amide bonds. The fraction of sp³-hybridized carbons (Fsp3) is 0.286. The molecule has 0 aliphatic heterocycles. The van der Waals surface area contributed by atoms with E-state index in [4.69, 9.17) is 39.5 Å². The standard InChI is InChI=1S/C21H18Cl3F3N4O2S/c1-31-18(3-2-8-33-17-7-5-13(22)10-15(17)24)29-30-20(31)34-11-19(32)28-16-9-12(21(25,26)27)4-6-14(16)23/h4-7,9-10H,2-3,8,11H2,1H3,(H,28,32). The van der Waals surface area contributed by atoms with Gasteiger partial charge in [0, 0.05) is 18.5 Å². The Hall–Kier alpha value is -2.14. The van der Waals surface area contributed by atoms with Gasteiger partial charge < -0.3 is 14.6 Å². The highest BCUT2D eigenvalue weighted by Crippen LogP contribution is 2.34. The molecule has 13 heteroatoms. The zero-order valence-electron chi connectivity index (χ0n) is 17.6. The van der Waals surface area contributed by atoms with Gasteiger partial charge in [-0.05, 0) is 42.8 Å². The Morgan fingerprint density at radius 2 is 1.88 bits per heavy atom. The van der Waals surface area contributed by atoms with Crippen LogP contribution in [0.4, 0.5) is 18.9 Å². The van der Waals surface area contributed by atoms with Gasteiger partial charge in [0.25, 0.3) is 0 Å². The number of amides is 1. The number of carbonyl (C=O) groups excluding carboxylic acids is 1. The summed E-state index contributed by atoms with van der Waals surface area (Å²) in [5.74, 6) is 0.613. The third-order valence-corrected chi connectivity index (χ3v) is 6.40. The molecule has 0 radical (unpaired) electrons. The topological polar surface area (TPSA) is 69.0 Å². The Kier molecular flexibility index (Phi) is 8.97. The van der Waals surface area contributed by atoms with Gasteiger partial charge in [0.1, 0.15) is 11.6 Å². The van der Waals surface area contributed by atoms with Crippen LogP contribution in [-0.4, -0.2) is 33.0 Å². The zero-order chi connectivity index (χ0) is 24.9. The molecule has 0 atom stereocenters. The summed E-state index contributed by atoms with van der Waals surface area (Å²) in [7, 11) is 1.76. The molecule has 1 aromatic heterocycles. The van der Waals surface area contributed by atoms with Crippen LogP contribution in [-0.2, 0) is 24.4 Å². The molecule has 3 aromatic rings. The van der Waals surface area contributed by atoms with Gasteiger partial charge in [0.05, 0.1) is 33.7 Å². The Morgan fingerprint density at radius 3 is 2.59 bits per heavy atom. The first kappa shape index (κ1) is 26.5. The van der Waals surface area contributed by atoms with Crippen LogP contribution in [0.3, 0.4) is 0 Å². The molecule has 3 rings (SSSR count). The summed E-state index contributed by atoms with van der Waals surface area (Å²) in [5, 5.41) is 12.0. The predicted molar refractivity (Wildman–Crippen MR) is 127 cm³/mol. The normalized spacial score (nSPS) is 11.5. The minimum absolute atomic E-state index is 0.00870. The predicted octanol–water partition coefficient (Wildman–Crippen LogP) is 6.54. The van der Waals surface area contributed by atoms with Crippen LogP contribution in [0.15, 0.2) is 41.6 Å². The molecule has 0 spiro atoms. The summed E-state index contributed by atoms with van der Waals surface area (Å²) in [6.45, 7) is 0.400. The number of benzene rings is 2. The number of rotatable bonds is 9. The Bertz CT molecular complexity index is 1170. The maximum atomic E-state index is 12.9. The van der Waals surface area contributed by atoms with E-state index in [1.54, 1.807) is 29.8 Å². The minimum atomic E-state index is -4.54. The van der Waals surface area contributed by atoms with Crippen LogP contribution >= 0.6 is 46.6 Å². The van der Waals surface area contributed by atoms with E-state index in [1.807, 2.05) is 0 Å². The largest absolute Gasteiger partial charge is 0.492 e. The molecule has 2 aromatic carbocycles. The molecule has 0 bridgehead atoms. The Morgan fingerprint density at radius 1 is 1.12 bits per heavy atom. The molecule has 0 aliphatic rings. The molecular weight excluding hydrogens is 536 g/mol. The van der Waals surface area contributed by atoms with Crippen LogP contribution in [0, 0.1) is 0 Å². The lowest BCUT2D eigenvalue weighted by molar-refractivity contribution is -0.137. The molecule has 0 unspecified atom stereocenters. The molecule has 1 heterocycles. The van der Waals surface area contributed by atoms with E-state index in [1.165, 1.54) is 0 Å². The first-order valence-corrected chi connectivity index (χ1v) is 11.9. The van der Waals surface area contributed by atoms with Gasteiger partial charge in [0.15, 0.2) is 5.16 Å². The molecule has 0 saturated heterocycles. The van der Waals surface area contributed by atoms with Crippen LogP contribution < -0.4 is 10.1 Å². The quantitative estimate of drug-likeness (QED) is 0.241. The lowest BCUT2D eigenvalue weighted by Gasteiger charge is -2.11. The SMILES string of the molecule is Cn1c(CCCOc2ccc(Cl)cc2Cl)nnc1SCC(=O)Nc1cc(C(F)(F)F)ccc1Cl. The maximum absolute atomic E-state index is 12.9. The van der Waals surface area contributed by atoms with Crippen LogP contribution in [0.1, 0.15) is 17.8 Å². The number of thioether (sulfide) groups is 1. The van der Waals surface area contributed by atoms with Crippen LogP contribution in [0.25, 0.3) is 0 Å². The summed E-state index contributed by atoms with van der Waals surface area (Å²) < 4.78 is 46.0. The lowest BCUT2D eigenvalue weighted by Crippen LogP contribution is -2.16. The lowest BCUT2D eigenvalue weighted by atomic mass is 10.2. The number of anilines is 1. The fourth-order valence-corrected chi connectivity index (χ4v) is 4.16. The summed E-state index contributed by atoms with van der Waals surface area (Å²) in [4.78, 5) is 12.2. The number of alkyl halides is 3. The monoisotopic (exact) mass is 552 g/mol. The highest BCUT2D eigenvalue weighted by atomic mass is 35.5. The molecule has 182 valence electrons. The Balaban J connectivity index is 1.49. The highest BCUT2D eigenvalue weighted by Gasteiger charge is 2.31. The molecule has 0 fully saturated rings. The molecule has 34 heavy (non-hydrogen) atoms. The highest BCUT2D eigenvalue weighted by molar-refractivity contribution is 7.99. The van der Waals surface area contributed by atoms with E-state index in [0.29, 0.717) is 46.2 Å². The number of aryl methyl sites for hydroxylation is 1. The summed E-state index contributed by atoms with van der Waals surface area (Å²) in [6.07, 6.45) is -3.33. The van der Waals surface area contributed by atoms with Crippen molar-refractivity contribution in [1.82, 2.24) is 14.8 Å².